The monoisotopic (exact) mass is 403 g/mol. The fourth-order valence-electron chi connectivity index (χ4n) is 2.46. The van der Waals surface area contributed by atoms with Crippen LogP contribution in [0.5, 0.6) is 0 Å². The number of anilines is 4. The van der Waals surface area contributed by atoms with Gasteiger partial charge < -0.3 is 26.4 Å². The third-order valence-electron chi connectivity index (χ3n) is 4.02. The summed E-state index contributed by atoms with van der Waals surface area (Å²) in [5, 5.41) is 13.7. The van der Waals surface area contributed by atoms with E-state index < -0.39 is 16.6 Å². The molecule has 0 saturated carbocycles. The standard InChI is InChI=1S/C17H21N7O5/c1-23(11-5-3-10(4-6-11)16(26)29-2)8-7-12(25)9-20-15-13(24(27)28)14(18)21-17(19)22-15/h3-6H,7-9H2,1-2H3,(H5,18,19,20,21,22). The second kappa shape index (κ2) is 9.30. The molecule has 0 aliphatic heterocycles. The van der Waals surface area contributed by atoms with E-state index >= 15 is 0 Å². The van der Waals surface area contributed by atoms with Crippen LogP contribution in [0.3, 0.4) is 0 Å². The highest BCUT2D eigenvalue weighted by Crippen LogP contribution is 2.28. The number of hydrogen-bond donors (Lipinski definition) is 3. The van der Waals surface area contributed by atoms with Gasteiger partial charge in [-0.3, -0.25) is 14.9 Å². The number of Topliss-reactive ketones (excluding diaryl/α,β-unsaturated/α-hetero) is 1. The molecule has 154 valence electrons. The first-order chi connectivity index (χ1) is 13.7. The second-order valence-electron chi connectivity index (χ2n) is 6.02. The number of hydrogen-bond acceptors (Lipinski definition) is 11. The van der Waals surface area contributed by atoms with Gasteiger partial charge in [0.15, 0.2) is 5.78 Å². The van der Waals surface area contributed by atoms with Crippen molar-refractivity contribution in [1.82, 2.24) is 9.97 Å². The minimum absolute atomic E-state index is 0.173. The largest absolute Gasteiger partial charge is 0.465 e. The fourth-order valence-corrected chi connectivity index (χ4v) is 2.46. The van der Waals surface area contributed by atoms with Crippen LogP contribution in [0.25, 0.3) is 0 Å². The summed E-state index contributed by atoms with van der Waals surface area (Å²) in [6, 6.07) is 6.74. The number of ketones is 1. The number of rotatable bonds is 9. The van der Waals surface area contributed by atoms with E-state index in [-0.39, 0.29) is 36.3 Å². The Balaban J connectivity index is 1.92. The van der Waals surface area contributed by atoms with Gasteiger partial charge in [0.05, 0.1) is 24.1 Å². The van der Waals surface area contributed by atoms with Crippen molar-refractivity contribution < 1.29 is 19.2 Å². The fraction of sp³-hybridized carbons (Fsp3) is 0.294. The van der Waals surface area contributed by atoms with Crippen LogP contribution in [0.15, 0.2) is 24.3 Å². The number of nitro groups is 1. The van der Waals surface area contributed by atoms with Crippen LogP contribution in [-0.2, 0) is 9.53 Å². The summed E-state index contributed by atoms with van der Waals surface area (Å²) in [5.74, 6) is -1.46. The van der Waals surface area contributed by atoms with Crippen molar-refractivity contribution in [2.24, 2.45) is 0 Å². The summed E-state index contributed by atoms with van der Waals surface area (Å²) in [4.78, 5) is 43.1. The molecule has 0 atom stereocenters. The molecule has 12 heteroatoms. The summed E-state index contributed by atoms with van der Waals surface area (Å²) < 4.78 is 4.65. The molecule has 29 heavy (non-hydrogen) atoms. The molecule has 1 heterocycles. The van der Waals surface area contributed by atoms with Crippen molar-refractivity contribution in [3.63, 3.8) is 0 Å². The number of nitrogens with two attached hydrogens (primary N) is 2. The normalized spacial score (nSPS) is 10.3. The molecule has 12 nitrogen and oxygen atoms in total. The van der Waals surface area contributed by atoms with E-state index in [0.29, 0.717) is 12.1 Å². The van der Waals surface area contributed by atoms with E-state index in [1.165, 1.54) is 7.11 Å². The number of benzene rings is 1. The van der Waals surface area contributed by atoms with Crippen LogP contribution >= 0.6 is 0 Å². The summed E-state index contributed by atoms with van der Waals surface area (Å²) in [6.45, 7) is 0.208. The molecule has 5 N–H and O–H groups in total. The third kappa shape index (κ3) is 5.51. The molecule has 2 aromatic rings. The van der Waals surface area contributed by atoms with E-state index in [1.807, 2.05) is 4.90 Å². The lowest BCUT2D eigenvalue weighted by atomic mass is 10.2. The number of aromatic nitrogens is 2. The molecule has 0 aliphatic carbocycles. The predicted molar refractivity (Wildman–Crippen MR) is 107 cm³/mol. The Labute approximate surface area is 166 Å². The lowest BCUT2D eigenvalue weighted by Crippen LogP contribution is -2.24. The Morgan fingerprint density at radius 3 is 2.48 bits per heavy atom. The predicted octanol–water partition coefficient (Wildman–Crippen LogP) is 0.843. The highest BCUT2D eigenvalue weighted by molar-refractivity contribution is 5.89. The smallest absolute Gasteiger partial charge is 0.353 e. The highest BCUT2D eigenvalue weighted by Gasteiger charge is 2.22. The Morgan fingerprint density at radius 1 is 1.24 bits per heavy atom. The molecule has 0 amide bonds. The van der Waals surface area contributed by atoms with Crippen LogP contribution in [-0.4, -0.2) is 53.9 Å². The van der Waals surface area contributed by atoms with Crippen molar-refractivity contribution in [2.45, 2.75) is 6.42 Å². The van der Waals surface area contributed by atoms with Gasteiger partial charge in [-0.2, -0.15) is 9.97 Å². The molecule has 0 saturated heterocycles. The SMILES string of the molecule is COC(=O)c1ccc(N(C)CCC(=O)CNc2nc(N)nc(N)c2[N+](=O)[O-])cc1. The van der Waals surface area contributed by atoms with Crippen molar-refractivity contribution in [2.75, 3.05) is 48.9 Å². The zero-order valence-electron chi connectivity index (χ0n) is 15.9. The Morgan fingerprint density at radius 2 is 1.90 bits per heavy atom. The quantitative estimate of drug-likeness (QED) is 0.307. The van der Waals surface area contributed by atoms with E-state index in [2.05, 4.69) is 20.0 Å². The van der Waals surface area contributed by atoms with Crippen LogP contribution in [0.2, 0.25) is 0 Å². The molecule has 0 radical (unpaired) electrons. The molecular weight excluding hydrogens is 382 g/mol. The first-order valence-corrected chi connectivity index (χ1v) is 8.45. The average Bonchev–Trinajstić information content (AvgIpc) is 2.69. The van der Waals surface area contributed by atoms with Gasteiger partial charge in [0.2, 0.25) is 17.6 Å². The number of carbonyl (C=O) groups is 2. The average molecular weight is 403 g/mol. The molecular formula is C17H21N7O5. The van der Waals surface area contributed by atoms with Gasteiger partial charge >= 0.3 is 11.7 Å². The molecule has 1 aromatic carbocycles. The third-order valence-corrected chi connectivity index (χ3v) is 4.02. The van der Waals surface area contributed by atoms with E-state index in [4.69, 9.17) is 11.5 Å². The van der Waals surface area contributed by atoms with Crippen molar-refractivity contribution in [3.05, 3.63) is 39.9 Å². The zero-order valence-corrected chi connectivity index (χ0v) is 15.9. The molecule has 2 rings (SSSR count). The summed E-state index contributed by atoms with van der Waals surface area (Å²) in [5.41, 5.74) is 11.7. The first kappa shape index (κ1) is 21.3. The maximum atomic E-state index is 12.2. The lowest BCUT2D eigenvalue weighted by molar-refractivity contribution is -0.383. The summed E-state index contributed by atoms with van der Waals surface area (Å²) >= 11 is 0. The van der Waals surface area contributed by atoms with Crippen LogP contribution in [0.1, 0.15) is 16.8 Å². The second-order valence-corrected chi connectivity index (χ2v) is 6.02. The van der Waals surface area contributed by atoms with Gasteiger partial charge in [-0.15, -0.1) is 0 Å². The minimum Gasteiger partial charge on any atom is -0.465 e. The van der Waals surface area contributed by atoms with Crippen molar-refractivity contribution >= 4 is 40.7 Å². The maximum absolute atomic E-state index is 12.2. The van der Waals surface area contributed by atoms with E-state index in [9.17, 15) is 19.7 Å². The van der Waals surface area contributed by atoms with E-state index in [1.54, 1.807) is 31.3 Å². The highest BCUT2D eigenvalue weighted by atomic mass is 16.6. The number of nitrogens with zero attached hydrogens (tertiary/aromatic N) is 4. The van der Waals surface area contributed by atoms with Gasteiger partial charge in [0.25, 0.3) is 0 Å². The van der Waals surface area contributed by atoms with Gasteiger partial charge in [-0.05, 0) is 24.3 Å². The Hall–Kier alpha value is -3.96. The van der Waals surface area contributed by atoms with Gasteiger partial charge in [0.1, 0.15) is 0 Å². The Bertz CT molecular complexity index is 917. The number of esters is 1. The molecule has 0 spiro atoms. The topological polar surface area (TPSA) is 180 Å². The summed E-state index contributed by atoms with van der Waals surface area (Å²) in [7, 11) is 3.10. The van der Waals surface area contributed by atoms with Crippen LogP contribution in [0, 0.1) is 10.1 Å². The molecule has 0 unspecified atom stereocenters. The molecule has 0 bridgehead atoms. The van der Waals surface area contributed by atoms with Crippen molar-refractivity contribution in [1.29, 1.82) is 0 Å². The maximum Gasteiger partial charge on any atom is 0.353 e. The van der Waals surface area contributed by atoms with Gasteiger partial charge in [-0.1, -0.05) is 0 Å². The van der Waals surface area contributed by atoms with Crippen LogP contribution in [0.4, 0.5) is 29.0 Å². The Kier molecular flexibility index (Phi) is 6.85. The molecule has 0 fully saturated rings. The van der Waals surface area contributed by atoms with Gasteiger partial charge in [-0.25, -0.2) is 4.79 Å². The van der Waals surface area contributed by atoms with E-state index in [0.717, 1.165) is 5.69 Å². The van der Waals surface area contributed by atoms with Crippen molar-refractivity contribution in [3.8, 4) is 0 Å². The summed E-state index contributed by atoms with van der Waals surface area (Å²) in [6.07, 6.45) is 0.173. The number of methoxy groups -OCH3 is 1. The number of carbonyl (C=O) groups excluding carboxylic acids is 2. The van der Waals surface area contributed by atoms with Gasteiger partial charge in [0, 0.05) is 25.7 Å². The number of ether oxygens (including phenoxy) is 1. The number of nitrogen functional groups attached to an aromatic ring is 2. The number of nitrogens with one attached hydrogen (secondary N) is 1. The minimum atomic E-state index is -0.743. The van der Waals surface area contributed by atoms with Crippen LogP contribution < -0.4 is 21.7 Å². The lowest BCUT2D eigenvalue weighted by Gasteiger charge is -2.19. The molecule has 0 aliphatic rings. The zero-order chi connectivity index (χ0) is 21.6. The molecule has 1 aromatic heterocycles. The first-order valence-electron chi connectivity index (χ1n) is 8.45.